The van der Waals surface area contributed by atoms with Gasteiger partial charge in [0.1, 0.15) is 11.5 Å². The highest BCUT2D eigenvalue weighted by Crippen LogP contribution is 2.35. The third-order valence-corrected chi connectivity index (χ3v) is 7.55. The Morgan fingerprint density at radius 2 is 2.00 bits per heavy atom. The highest BCUT2D eigenvalue weighted by atomic mass is 32.1. The number of imidazole rings is 1. The van der Waals surface area contributed by atoms with Gasteiger partial charge in [-0.2, -0.15) is 16.4 Å². The van der Waals surface area contributed by atoms with E-state index in [9.17, 15) is 4.79 Å². The van der Waals surface area contributed by atoms with Gasteiger partial charge < -0.3 is 15.6 Å². The molecule has 0 fully saturated rings. The molecule has 4 N–H and O–H groups in total. The second-order valence-corrected chi connectivity index (χ2v) is 10.3. The lowest BCUT2D eigenvalue weighted by molar-refractivity contribution is -0.115. The third kappa shape index (κ3) is 4.44. The maximum absolute atomic E-state index is 15.3. The summed E-state index contributed by atoms with van der Waals surface area (Å²) in [6.07, 6.45) is 7.16. The van der Waals surface area contributed by atoms with E-state index in [0.29, 0.717) is 39.2 Å². The van der Waals surface area contributed by atoms with Gasteiger partial charge in [-0.1, -0.05) is 30.3 Å². The number of carbonyl (C=O) groups is 1. The van der Waals surface area contributed by atoms with Crippen molar-refractivity contribution in [1.82, 2.24) is 30.5 Å². The SMILES string of the molecule is O=C(Cc1ccccc1)Nc1cncc(-c2cc3c(-c4nc5c([nH]4)C(c4ccsc4)NC=C5)n[nH]c3cc2F)c1. The summed E-state index contributed by atoms with van der Waals surface area (Å²) in [7, 11) is 0. The van der Waals surface area contributed by atoms with Crippen molar-refractivity contribution in [2.24, 2.45) is 0 Å². The zero-order chi connectivity index (χ0) is 27.1. The van der Waals surface area contributed by atoms with Crippen molar-refractivity contribution in [3.8, 4) is 22.6 Å². The van der Waals surface area contributed by atoms with E-state index in [1.165, 1.54) is 6.07 Å². The molecule has 40 heavy (non-hydrogen) atoms. The fourth-order valence-corrected chi connectivity index (χ4v) is 5.64. The van der Waals surface area contributed by atoms with Gasteiger partial charge >= 0.3 is 0 Å². The summed E-state index contributed by atoms with van der Waals surface area (Å²) in [4.78, 5) is 25.1. The van der Waals surface area contributed by atoms with Crippen LogP contribution in [-0.2, 0) is 11.2 Å². The van der Waals surface area contributed by atoms with E-state index >= 15 is 4.39 Å². The van der Waals surface area contributed by atoms with Crippen molar-refractivity contribution < 1.29 is 9.18 Å². The molecule has 0 aliphatic carbocycles. The number of halogens is 1. The molecule has 1 aliphatic heterocycles. The minimum atomic E-state index is -0.430. The molecule has 0 bridgehead atoms. The molecule has 196 valence electrons. The summed E-state index contributed by atoms with van der Waals surface area (Å²) < 4.78 is 15.3. The predicted octanol–water partition coefficient (Wildman–Crippen LogP) is 6.06. The number of benzene rings is 2. The van der Waals surface area contributed by atoms with Crippen LogP contribution in [0.25, 0.3) is 39.6 Å². The molecule has 2 aromatic carbocycles. The van der Waals surface area contributed by atoms with Crippen LogP contribution in [0.15, 0.2) is 84.0 Å². The number of pyridine rings is 1. The third-order valence-electron chi connectivity index (χ3n) is 6.85. The van der Waals surface area contributed by atoms with Crippen molar-refractivity contribution in [2.75, 3.05) is 5.32 Å². The van der Waals surface area contributed by atoms with Crippen LogP contribution in [0.1, 0.15) is 28.6 Å². The number of aromatic nitrogens is 5. The Kier molecular flexibility index (Phi) is 5.94. The first kappa shape index (κ1) is 24.0. The molecular formula is C30H22FN7OS. The molecule has 10 heteroatoms. The smallest absolute Gasteiger partial charge is 0.228 e. The molecule has 8 nitrogen and oxygen atoms in total. The minimum Gasteiger partial charge on any atom is -0.379 e. The molecule has 1 atom stereocenters. The van der Waals surface area contributed by atoms with Crippen LogP contribution in [0.2, 0.25) is 0 Å². The molecule has 6 aromatic rings. The average molecular weight is 548 g/mol. The lowest BCUT2D eigenvalue weighted by Gasteiger charge is -2.18. The summed E-state index contributed by atoms with van der Waals surface area (Å²) in [5.41, 5.74) is 6.32. The maximum atomic E-state index is 15.3. The second-order valence-electron chi connectivity index (χ2n) is 9.50. The van der Waals surface area contributed by atoms with Crippen LogP contribution in [0, 0.1) is 5.82 Å². The van der Waals surface area contributed by atoms with Crippen LogP contribution in [0.3, 0.4) is 0 Å². The van der Waals surface area contributed by atoms with E-state index in [1.807, 2.05) is 48.0 Å². The molecule has 1 unspecified atom stereocenters. The summed E-state index contributed by atoms with van der Waals surface area (Å²) in [6, 6.07) is 16.4. The van der Waals surface area contributed by atoms with Gasteiger partial charge in [0.05, 0.1) is 41.3 Å². The largest absolute Gasteiger partial charge is 0.379 e. The van der Waals surface area contributed by atoms with Gasteiger partial charge in [-0.3, -0.25) is 14.9 Å². The first-order valence-electron chi connectivity index (χ1n) is 12.6. The molecule has 1 amide bonds. The minimum absolute atomic E-state index is 0.0448. The Morgan fingerprint density at radius 3 is 2.85 bits per heavy atom. The number of hydrogen-bond donors (Lipinski definition) is 4. The van der Waals surface area contributed by atoms with Crippen molar-refractivity contribution in [2.45, 2.75) is 12.5 Å². The number of rotatable bonds is 6. The maximum Gasteiger partial charge on any atom is 0.228 e. The lowest BCUT2D eigenvalue weighted by atomic mass is 10.0. The van der Waals surface area contributed by atoms with Crippen LogP contribution in [0.5, 0.6) is 0 Å². The first-order valence-corrected chi connectivity index (χ1v) is 13.6. The van der Waals surface area contributed by atoms with Crippen molar-refractivity contribution >= 4 is 39.9 Å². The number of H-pyrrole nitrogens is 2. The van der Waals surface area contributed by atoms with E-state index in [2.05, 4.69) is 42.2 Å². The van der Waals surface area contributed by atoms with Gasteiger partial charge in [0.15, 0.2) is 5.82 Å². The fraction of sp³-hybridized carbons (Fsp3) is 0.0667. The molecule has 4 aromatic heterocycles. The Balaban J connectivity index is 1.21. The predicted molar refractivity (Wildman–Crippen MR) is 154 cm³/mol. The summed E-state index contributed by atoms with van der Waals surface area (Å²) in [5.74, 6) is -0.0210. The van der Waals surface area contributed by atoms with Gasteiger partial charge in [0.2, 0.25) is 5.91 Å². The van der Waals surface area contributed by atoms with Crippen LogP contribution in [0.4, 0.5) is 10.1 Å². The summed E-state index contributed by atoms with van der Waals surface area (Å²) >= 11 is 1.64. The van der Waals surface area contributed by atoms with Crippen LogP contribution < -0.4 is 10.6 Å². The highest BCUT2D eigenvalue weighted by Gasteiger charge is 2.25. The number of nitrogens with one attached hydrogen (secondary N) is 4. The number of hydrogen-bond acceptors (Lipinski definition) is 6. The monoisotopic (exact) mass is 547 g/mol. The van der Waals surface area contributed by atoms with Gasteiger partial charge in [-0.05, 0) is 52.4 Å². The number of nitrogens with zero attached hydrogens (tertiary/aromatic N) is 3. The number of fused-ring (bicyclic) bond motifs is 2. The molecular weight excluding hydrogens is 525 g/mol. The quantitative estimate of drug-likeness (QED) is 0.203. The zero-order valence-electron chi connectivity index (χ0n) is 21.0. The van der Waals surface area contributed by atoms with E-state index in [4.69, 9.17) is 4.98 Å². The fourth-order valence-electron chi connectivity index (χ4n) is 4.95. The Labute approximate surface area is 232 Å². The van der Waals surface area contributed by atoms with Gasteiger partial charge in [-0.15, -0.1) is 0 Å². The number of anilines is 1. The van der Waals surface area contributed by atoms with Crippen molar-refractivity contribution in [3.05, 3.63) is 112 Å². The Morgan fingerprint density at radius 1 is 1.10 bits per heavy atom. The van der Waals surface area contributed by atoms with E-state index in [1.54, 1.807) is 35.9 Å². The van der Waals surface area contributed by atoms with Gasteiger partial charge in [-0.25, -0.2) is 9.37 Å². The van der Waals surface area contributed by atoms with Gasteiger partial charge in [0, 0.05) is 28.8 Å². The molecule has 0 radical (unpaired) electrons. The van der Waals surface area contributed by atoms with E-state index < -0.39 is 5.82 Å². The first-order chi connectivity index (χ1) is 19.6. The van der Waals surface area contributed by atoms with Gasteiger partial charge in [0.25, 0.3) is 0 Å². The van der Waals surface area contributed by atoms with Crippen LogP contribution >= 0.6 is 11.3 Å². The van der Waals surface area contributed by atoms with Crippen molar-refractivity contribution in [3.63, 3.8) is 0 Å². The Hall–Kier alpha value is -5.09. The van der Waals surface area contributed by atoms with E-state index in [-0.39, 0.29) is 18.4 Å². The van der Waals surface area contributed by atoms with E-state index in [0.717, 1.165) is 22.5 Å². The average Bonchev–Trinajstić information content (AvgIpc) is 3.72. The number of amides is 1. The number of carbonyl (C=O) groups excluding carboxylic acids is 1. The van der Waals surface area contributed by atoms with Crippen molar-refractivity contribution in [1.29, 1.82) is 0 Å². The molecule has 1 aliphatic rings. The second kappa shape index (κ2) is 9.90. The normalized spacial score (nSPS) is 14.2. The lowest BCUT2D eigenvalue weighted by Crippen LogP contribution is -2.20. The molecule has 0 saturated heterocycles. The summed E-state index contributed by atoms with van der Waals surface area (Å²) in [6.45, 7) is 0. The molecule has 7 rings (SSSR count). The molecule has 0 spiro atoms. The number of aromatic amines is 2. The topological polar surface area (TPSA) is 111 Å². The Bertz CT molecular complexity index is 1880. The molecule has 5 heterocycles. The van der Waals surface area contributed by atoms with Crippen LogP contribution in [-0.4, -0.2) is 31.1 Å². The highest BCUT2D eigenvalue weighted by molar-refractivity contribution is 7.08. The standard InChI is InChI=1S/C30H22FN7OS/c31-23-13-25-22(12-21(23)19-11-20(15-32-14-19)34-26(39)10-17-4-2-1-3-5-17)28(38-37-25)30-35-24-6-8-33-27(29(24)36-30)18-7-9-40-16-18/h1-9,11-16,27,33H,10H2,(H,34,39)(H,35,36)(H,37,38). The summed E-state index contributed by atoms with van der Waals surface area (Å²) in [5, 5.41) is 18.5. The number of thiophene rings is 1. The zero-order valence-corrected chi connectivity index (χ0v) is 21.8. The molecule has 0 saturated carbocycles.